The molecule has 0 bridgehead atoms. The van der Waals surface area contributed by atoms with Crippen LogP contribution in [-0.4, -0.2) is 67.8 Å². The van der Waals surface area contributed by atoms with Crippen molar-refractivity contribution in [2.24, 2.45) is 0 Å². The zero-order chi connectivity index (χ0) is 28.2. The molecule has 0 spiro atoms. The fourth-order valence-corrected chi connectivity index (χ4v) is 13.2. The van der Waals surface area contributed by atoms with Crippen molar-refractivity contribution in [2.45, 2.75) is 142 Å². The summed E-state index contributed by atoms with van der Waals surface area (Å²) in [4.78, 5) is 0. The van der Waals surface area contributed by atoms with E-state index in [1.54, 1.807) is 0 Å². The molecule has 0 saturated heterocycles. The van der Waals surface area contributed by atoms with E-state index in [0.29, 0.717) is 0 Å². The van der Waals surface area contributed by atoms with E-state index in [1.165, 1.54) is 51.4 Å². The van der Waals surface area contributed by atoms with Crippen LogP contribution in [0.2, 0.25) is 13.1 Å². The predicted molar refractivity (Wildman–Crippen MR) is 186 cm³/mol. The summed E-state index contributed by atoms with van der Waals surface area (Å²) in [5.74, 6) is 2.15. The molecule has 0 aromatic heterocycles. The number of hydrogen-bond acceptors (Lipinski definition) is 8. The minimum absolute atomic E-state index is 0.275. The number of hydrogen-bond donors (Lipinski definition) is 0. The average Bonchev–Trinajstić information content (AvgIpc) is 2.94. The van der Waals surface area contributed by atoms with E-state index in [9.17, 15) is 0 Å². The molecule has 0 amide bonds. The first-order chi connectivity index (χ1) is 18.6. The van der Waals surface area contributed by atoms with Crippen LogP contribution in [0.4, 0.5) is 0 Å². The van der Waals surface area contributed by atoms with Gasteiger partial charge in [-0.05, 0) is 45.3 Å². The summed E-state index contributed by atoms with van der Waals surface area (Å²) in [6.45, 7) is 17.1. The summed E-state index contributed by atoms with van der Waals surface area (Å²) in [5.41, 5.74) is -0.551. The lowest BCUT2D eigenvalue weighted by molar-refractivity contribution is -0.183. The van der Waals surface area contributed by atoms with Gasteiger partial charge in [-0.15, -0.1) is 0 Å². The first-order valence-corrected chi connectivity index (χ1v) is 25.1. The molecule has 0 unspecified atom stereocenters. The fourth-order valence-electron chi connectivity index (χ4n) is 4.08. The number of rotatable bonds is 31. The van der Waals surface area contributed by atoms with Gasteiger partial charge in [0.15, 0.2) is 0 Å². The lowest BCUT2D eigenvalue weighted by atomic mass is 10.2. The quantitative estimate of drug-likeness (QED) is 0.0320. The highest BCUT2D eigenvalue weighted by molar-refractivity contribution is 9.26. The Hall–Kier alpha value is 1.67. The molecule has 38 heavy (non-hydrogen) atoms. The highest BCUT2D eigenvalue weighted by Crippen LogP contribution is 2.44. The maximum absolute atomic E-state index is 6.43. The molecule has 0 saturated carbocycles. The van der Waals surface area contributed by atoms with Crippen LogP contribution in [0.25, 0.3) is 0 Å². The van der Waals surface area contributed by atoms with Gasteiger partial charge < -0.3 is 18.9 Å². The standard InChI is InChI=1S/C28H62O4S4Si2/c1-7-11-15-21-29-27(37-5,30-22-16-12-8-2)19-25-33-35-36-34-26-20-28(38-6,31-23-17-13-9-3)32-24-18-14-10-4/h7-26,37-38H2,1-6H3. The Morgan fingerprint density at radius 1 is 0.474 bits per heavy atom. The third kappa shape index (κ3) is 21.4. The van der Waals surface area contributed by atoms with E-state index in [1.807, 2.05) is 41.2 Å². The summed E-state index contributed by atoms with van der Waals surface area (Å²) >= 11 is 0. The Morgan fingerprint density at radius 3 is 1.00 bits per heavy atom. The normalized spacial score (nSPS) is 13.1. The average molecular weight is 647 g/mol. The molecule has 0 radical (unpaired) electrons. The molecule has 230 valence electrons. The number of unbranched alkanes of at least 4 members (excludes halogenated alkanes) is 8. The van der Waals surface area contributed by atoms with Crippen LogP contribution in [0.5, 0.6) is 0 Å². The van der Waals surface area contributed by atoms with E-state index in [-0.39, 0.29) is 10.8 Å². The lowest BCUT2D eigenvalue weighted by Gasteiger charge is -2.33. The first-order valence-electron chi connectivity index (χ1n) is 15.7. The van der Waals surface area contributed by atoms with Crippen molar-refractivity contribution in [1.82, 2.24) is 0 Å². The molecule has 0 atom stereocenters. The highest BCUT2D eigenvalue weighted by atomic mass is 33.7. The molecule has 0 rings (SSSR count). The maximum atomic E-state index is 6.43. The molecular formula is C28H62O4S4Si2. The molecule has 4 nitrogen and oxygen atoms in total. The van der Waals surface area contributed by atoms with Crippen molar-refractivity contribution in [3.8, 4) is 0 Å². The minimum atomic E-state index is -0.438. The minimum Gasteiger partial charge on any atom is -0.354 e. The first kappa shape index (κ1) is 39.7. The second-order valence-corrected chi connectivity index (χ2v) is 19.8. The zero-order valence-corrected chi connectivity index (χ0v) is 31.9. The van der Waals surface area contributed by atoms with Crippen molar-refractivity contribution < 1.29 is 18.9 Å². The van der Waals surface area contributed by atoms with Gasteiger partial charge >= 0.3 is 0 Å². The third-order valence-electron chi connectivity index (χ3n) is 6.79. The molecule has 0 heterocycles. The Labute approximate surface area is 257 Å². The topological polar surface area (TPSA) is 36.9 Å². The van der Waals surface area contributed by atoms with Crippen LogP contribution in [0, 0.1) is 0 Å². The van der Waals surface area contributed by atoms with Gasteiger partial charge in [0.05, 0.1) is 19.0 Å². The van der Waals surface area contributed by atoms with Crippen molar-refractivity contribution in [2.75, 3.05) is 37.9 Å². The van der Waals surface area contributed by atoms with Gasteiger partial charge in [0.1, 0.15) is 10.8 Å². The molecule has 0 aliphatic rings. The Balaban J connectivity index is 4.46. The molecule has 0 aromatic rings. The van der Waals surface area contributed by atoms with Gasteiger partial charge in [0, 0.05) is 50.8 Å². The van der Waals surface area contributed by atoms with Gasteiger partial charge in [-0.25, -0.2) is 0 Å². The van der Waals surface area contributed by atoms with Gasteiger partial charge in [0.2, 0.25) is 0 Å². The summed E-state index contributed by atoms with van der Waals surface area (Å²) in [5, 5.41) is 0. The molecule has 0 aliphatic carbocycles. The Morgan fingerprint density at radius 2 is 0.763 bits per heavy atom. The van der Waals surface area contributed by atoms with Gasteiger partial charge in [-0.1, -0.05) is 114 Å². The van der Waals surface area contributed by atoms with Gasteiger partial charge in [-0.3, -0.25) is 0 Å². The second kappa shape index (κ2) is 28.8. The SMILES string of the molecule is CCCCCOC(CCSSSSCCC(OCCCCC)(OCCCCC)[SiH2]C)(OCCCCC)[SiH2]C. The molecule has 0 aromatic carbocycles. The van der Waals surface area contributed by atoms with Crippen molar-refractivity contribution in [3.63, 3.8) is 0 Å². The summed E-state index contributed by atoms with van der Waals surface area (Å²) in [6, 6.07) is 0. The smallest absolute Gasteiger partial charge is 0.145 e. The molecule has 0 aliphatic heterocycles. The Bertz CT molecular complexity index is 430. The molecule has 0 fully saturated rings. The van der Waals surface area contributed by atoms with Crippen molar-refractivity contribution in [1.29, 1.82) is 0 Å². The highest BCUT2D eigenvalue weighted by Gasteiger charge is 2.31. The lowest BCUT2D eigenvalue weighted by Crippen LogP contribution is -2.42. The van der Waals surface area contributed by atoms with Crippen LogP contribution in [0.1, 0.15) is 118 Å². The predicted octanol–water partition coefficient (Wildman–Crippen LogP) is 9.01. The van der Waals surface area contributed by atoms with E-state index in [4.69, 9.17) is 18.9 Å². The van der Waals surface area contributed by atoms with Crippen LogP contribution in [-0.2, 0) is 18.9 Å². The maximum Gasteiger partial charge on any atom is 0.145 e. The Kier molecular flexibility index (Phi) is 30.0. The summed E-state index contributed by atoms with van der Waals surface area (Å²) in [6.07, 6.45) is 16.5. The van der Waals surface area contributed by atoms with Gasteiger partial charge in [0.25, 0.3) is 0 Å². The van der Waals surface area contributed by atoms with Gasteiger partial charge in [-0.2, -0.15) is 0 Å². The van der Waals surface area contributed by atoms with Crippen LogP contribution < -0.4 is 0 Å². The van der Waals surface area contributed by atoms with Crippen LogP contribution in [0.3, 0.4) is 0 Å². The molecule has 10 heteroatoms. The zero-order valence-electron chi connectivity index (χ0n) is 25.8. The molecular weight excluding hydrogens is 585 g/mol. The summed E-state index contributed by atoms with van der Waals surface area (Å²) < 4.78 is 25.7. The largest absolute Gasteiger partial charge is 0.354 e. The van der Waals surface area contributed by atoms with E-state index in [2.05, 4.69) is 40.8 Å². The van der Waals surface area contributed by atoms with Crippen LogP contribution >= 0.6 is 41.2 Å². The van der Waals surface area contributed by atoms with Crippen molar-refractivity contribution >= 4 is 60.3 Å². The van der Waals surface area contributed by atoms with Crippen LogP contribution in [0.15, 0.2) is 0 Å². The van der Waals surface area contributed by atoms with E-state index >= 15 is 0 Å². The second-order valence-electron chi connectivity index (χ2n) is 10.0. The van der Waals surface area contributed by atoms with E-state index in [0.717, 1.165) is 76.5 Å². The third-order valence-corrected chi connectivity index (χ3v) is 16.9. The fraction of sp³-hybridized carbons (Fsp3) is 1.00. The van der Waals surface area contributed by atoms with E-state index < -0.39 is 19.0 Å². The molecule has 0 N–H and O–H groups in total. The van der Waals surface area contributed by atoms with Crippen molar-refractivity contribution in [3.05, 3.63) is 0 Å². The monoisotopic (exact) mass is 646 g/mol. The number of ether oxygens (including phenoxy) is 4. The summed E-state index contributed by atoms with van der Waals surface area (Å²) in [7, 11) is 6.84.